The predicted molar refractivity (Wildman–Crippen MR) is 81.6 cm³/mol. The topological polar surface area (TPSA) is 26.5 Å². The molecular weight excluding hydrogens is 324 g/mol. The van der Waals surface area contributed by atoms with Gasteiger partial charge in [-0.15, -0.1) is 11.3 Å². The van der Waals surface area contributed by atoms with Gasteiger partial charge in [-0.2, -0.15) is 4.98 Å². The van der Waals surface area contributed by atoms with E-state index in [-0.39, 0.29) is 0 Å². The first-order valence-electron chi connectivity index (χ1n) is 6.09. The van der Waals surface area contributed by atoms with Crippen molar-refractivity contribution >= 4 is 32.2 Å². The van der Waals surface area contributed by atoms with Crippen molar-refractivity contribution in [3.63, 3.8) is 0 Å². The van der Waals surface area contributed by atoms with Gasteiger partial charge in [0.15, 0.2) is 4.96 Å². The Bertz CT molecular complexity index is 704. The Balaban J connectivity index is 2.02. The number of nitrogens with zero attached hydrogens (tertiary/aromatic N) is 2. The number of imidazole rings is 1. The number of fused-ring (bicyclic) bond motifs is 1. The maximum absolute atomic E-state index is 6.01. The van der Waals surface area contributed by atoms with Gasteiger partial charge in [-0.05, 0) is 18.1 Å². The van der Waals surface area contributed by atoms with E-state index in [4.69, 9.17) is 4.74 Å². The molecule has 1 aromatic carbocycles. The van der Waals surface area contributed by atoms with Gasteiger partial charge in [0.1, 0.15) is 5.75 Å². The van der Waals surface area contributed by atoms with E-state index in [9.17, 15) is 0 Å². The van der Waals surface area contributed by atoms with Gasteiger partial charge in [-0.1, -0.05) is 41.1 Å². The third-order valence-electron chi connectivity index (χ3n) is 3.01. The first-order valence-corrected chi connectivity index (χ1v) is 8.09. The summed E-state index contributed by atoms with van der Waals surface area (Å²) in [4.78, 5) is 5.50. The second-order valence-corrected chi connectivity index (χ2v) is 5.55. The number of aryl methyl sites for hydroxylation is 1. The third-order valence-corrected chi connectivity index (χ3v) is 4.30. The Labute approximate surface area is 124 Å². The van der Waals surface area contributed by atoms with Crippen LogP contribution in [0.15, 0.2) is 35.8 Å². The fourth-order valence-corrected chi connectivity index (χ4v) is 3.25. The van der Waals surface area contributed by atoms with E-state index in [0.29, 0.717) is 11.2 Å². The lowest BCUT2D eigenvalue weighted by Crippen LogP contribution is -1.93. The molecule has 0 aliphatic carbocycles. The van der Waals surface area contributed by atoms with Gasteiger partial charge in [-0.3, -0.25) is 4.40 Å². The maximum atomic E-state index is 6.01. The summed E-state index contributed by atoms with van der Waals surface area (Å²) in [5.74, 6) is 1.57. The number of thiazole rings is 1. The lowest BCUT2D eigenvalue weighted by atomic mass is 10.1. The fraction of sp³-hybridized carbons (Fsp3) is 0.214. The smallest absolute Gasteiger partial charge is 0.243 e. The van der Waals surface area contributed by atoms with Crippen LogP contribution in [0.3, 0.4) is 0 Å². The monoisotopic (exact) mass is 336 g/mol. The van der Waals surface area contributed by atoms with Gasteiger partial charge in [0.25, 0.3) is 0 Å². The quantitative estimate of drug-likeness (QED) is 0.648. The number of hydrogen-bond acceptors (Lipinski definition) is 3. The lowest BCUT2D eigenvalue weighted by Gasteiger charge is -2.08. The molecule has 0 N–H and O–H groups in total. The first-order chi connectivity index (χ1) is 9.33. The number of aromatic nitrogens is 2. The van der Waals surface area contributed by atoms with Crippen LogP contribution in [-0.4, -0.2) is 9.38 Å². The number of benzene rings is 1. The molecule has 0 atom stereocenters. The summed E-state index contributed by atoms with van der Waals surface area (Å²) in [6.45, 7) is 2.12. The van der Waals surface area contributed by atoms with Crippen LogP contribution >= 0.6 is 27.3 Å². The molecule has 0 fully saturated rings. The average Bonchev–Trinajstić information content (AvgIpc) is 2.99. The number of hydrogen-bond donors (Lipinski definition) is 0. The molecule has 5 heteroatoms. The largest absolute Gasteiger partial charge is 0.437 e. The van der Waals surface area contributed by atoms with Crippen molar-refractivity contribution in [3.05, 3.63) is 47.1 Å². The molecule has 0 spiro atoms. The standard InChI is InChI=1S/C14H13BrN2OS/c1-2-10-5-3-4-6-12(10)18-13-11(9-15)17-7-8-19-14(17)16-13/h3-8H,2,9H2,1H3. The summed E-state index contributed by atoms with van der Waals surface area (Å²) < 4.78 is 8.07. The van der Waals surface area contributed by atoms with Gasteiger partial charge in [0.2, 0.25) is 5.88 Å². The number of alkyl halides is 1. The summed E-state index contributed by atoms with van der Waals surface area (Å²) in [6.07, 6.45) is 2.96. The lowest BCUT2D eigenvalue weighted by molar-refractivity contribution is 0.456. The van der Waals surface area contributed by atoms with E-state index >= 15 is 0 Å². The van der Waals surface area contributed by atoms with Gasteiger partial charge in [0.05, 0.1) is 5.69 Å². The maximum Gasteiger partial charge on any atom is 0.243 e. The molecule has 3 nitrogen and oxygen atoms in total. The zero-order valence-corrected chi connectivity index (χ0v) is 12.9. The van der Waals surface area contributed by atoms with Crippen LogP contribution in [0.4, 0.5) is 0 Å². The molecule has 98 valence electrons. The van der Waals surface area contributed by atoms with Gasteiger partial charge < -0.3 is 4.74 Å². The summed E-state index contributed by atoms with van der Waals surface area (Å²) in [5, 5.41) is 2.74. The molecule has 0 aliphatic heterocycles. The minimum atomic E-state index is 0.685. The van der Waals surface area contributed by atoms with E-state index in [1.165, 1.54) is 5.56 Å². The van der Waals surface area contributed by atoms with Crippen molar-refractivity contribution in [1.82, 2.24) is 9.38 Å². The molecule has 0 unspecified atom stereocenters. The van der Waals surface area contributed by atoms with Crippen molar-refractivity contribution in [2.24, 2.45) is 0 Å². The summed E-state index contributed by atoms with van der Waals surface area (Å²) in [6, 6.07) is 8.09. The molecule has 2 aromatic heterocycles. The Kier molecular flexibility index (Phi) is 3.57. The highest BCUT2D eigenvalue weighted by Gasteiger charge is 2.15. The van der Waals surface area contributed by atoms with Crippen molar-refractivity contribution < 1.29 is 4.74 Å². The molecule has 0 amide bonds. The molecule has 2 heterocycles. The highest BCUT2D eigenvalue weighted by Crippen LogP contribution is 2.31. The highest BCUT2D eigenvalue weighted by molar-refractivity contribution is 9.08. The molecule has 0 radical (unpaired) electrons. The van der Waals surface area contributed by atoms with Crippen LogP contribution in [0.1, 0.15) is 18.2 Å². The predicted octanol–water partition coefficient (Wildman–Crippen LogP) is 4.65. The van der Waals surface area contributed by atoms with Crippen molar-refractivity contribution in [3.8, 4) is 11.6 Å². The summed E-state index contributed by atoms with van der Waals surface area (Å²) >= 11 is 5.12. The van der Waals surface area contributed by atoms with E-state index in [1.807, 2.05) is 29.8 Å². The molecule has 0 bridgehead atoms. The van der Waals surface area contributed by atoms with Crippen molar-refractivity contribution in [2.75, 3.05) is 0 Å². The first kappa shape index (κ1) is 12.7. The van der Waals surface area contributed by atoms with Gasteiger partial charge in [0, 0.05) is 16.9 Å². The molecule has 3 rings (SSSR count). The number of para-hydroxylation sites is 1. The zero-order chi connectivity index (χ0) is 13.2. The molecule has 19 heavy (non-hydrogen) atoms. The van der Waals surface area contributed by atoms with Gasteiger partial charge >= 0.3 is 0 Å². The Morgan fingerprint density at radius 1 is 1.37 bits per heavy atom. The number of rotatable bonds is 4. The normalized spacial score (nSPS) is 11.1. The number of ether oxygens (including phenoxy) is 1. The Hall–Kier alpha value is -1.33. The zero-order valence-electron chi connectivity index (χ0n) is 10.5. The van der Waals surface area contributed by atoms with E-state index in [1.54, 1.807) is 11.3 Å². The molecule has 0 aliphatic rings. The SMILES string of the molecule is CCc1ccccc1Oc1nc2sccn2c1CBr. The molecular formula is C14H13BrN2OS. The van der Waals surface area contributed by atoms with Crippen LogP contribution in [-0.2, 0) is 11.8 Å². The van der Waals surface area contributed by atoms with Crippen LogP contribution in [0.2, 0.25) is 0 Å². The second-order valence-electron chi connectivity index (χ2n) is 4.12. The summed E-state index contributed by atoms with van der Waals surface area (Å²) in [5.41, 5.74) is 2.24. The molecule has 3 aromatic rings. The van der Waals surface area contributed by atoms with Crippen LogP contribution in [0.5, 0.6) is 11.6 Å². The highest BCUT2D eigenvalue weighted by atomic mass is 79.9. The van der Waals surface area contributed by atoms with Crippen LogP contribution in [0, 0.1) is 0 Å². The van der Waals surface area contributed by atoms with E-state index < -0.39 is 0 Å². The number of halogens is 1. The van der Waals surface area contributed by atoms with Crippen molar-refractivity contribution in [2.45, 2.75) is 18.7 Å². The van der Waals surface area contributed by atoms with Crippen LogP contribution in [0.25, 0.3) is 4.96 Å². The Morgan fingerprint density at radius 2 is 2.21 bits per heavy atom. The average molecular weight is 337 g/mol. The minimum Gasteiger partial charge on any atom is -0.437 e. The minimum absolute atomic E-state index is 0.685. The molecule has 0 saturated carbocycles. The van der Waals surface area contributed by atoms with E-state index in [0.717, 1.165) is 22.8 Å². The molecule has 0 saturated heterocycles. The summed E-state index contributed by atoms with van der Waals surface area (Å²) in [7, 11) is 0. The fourth-order valence-electron chi connectivity index (χ4n) is 2.02. The second kappa shape index (κ2) is 5.35. The van der Waals surface area contributed by atoms with E-state index in [2.05, 4.69) is 38.3 Å². The third kappa shape index (κ3) is 2.28. The van der Waals surface area contributed by atoms with Crippen LogP contribution < -0.4 is 4.74 Å². The Morgan fingerprint density at radius 3 is 3.00 bits per heavy atom. The van der Waals surface area contributed by atoms with Gasteiger partial charge in [-0.25, -0.2) is 0 Å². The van der Waals surface area contributed by atoms with Crippen molar-refractivity contribution in [1.29, 1.82) is 0 Å².